The highest BCUT2D eigenvalue weighted by molar-refractivity contribution is 5.72. The van der Waals surface area contributed by atoms with E-state index in [2.05, 4.69) is 5.32 Å². The van der Waals surface area contributed by atoms with Crippen LogP contribution >= 0.6 is 0 Å². The van der Waals surface area contributed by atoms with Crippen molar-refractivity contribution in [2.45, 2.75) is 38.6 Å². The number of rotatable bonds is 4. The van der Waals surface area contributed by atoms with Gasteiger partial charge >= 0.3 is 5.97 Å². The molecule has 0 heterocycles. The maximum absolute atomic E-state index is 13.6. The number of hydrogen-bond donors (Lipinski definition) is 1. The summed E-state index contributed by atoms with van der Waals surface area (Å²) in [5.41, 5.74) is 0.279. The molecule has 2 atom stereocenters. The van der Waals surface area contributed by atoms with Gasteiger partial charge in [-0.25, -0.2) is 8.78 Å². The summed E-state index contributed by atoms with van der Waals surface area (Å²) in [4.78, 5) is 11.7. The number of anilines is 1. The first-order valence-electron chi connectivity index (χ1n) is 6.98. The molecule has 1 N–H and O–H groups in total. The molecule has 1 saturated carbocycles. The topological polar surface area (TPSA) is 38.3 Å². The van der Waals surface area contributed by atoms with E-state index >= 15 is 0 Å². The summed E-state index contributed by atoms with van der Waals surface area (Å²) in [6.45, 7) is 2.16. The maximum Gasteiger partial charge on any atom is 0.308 e. The van der Waals surface area contributed by atoms with Crippen LogP contribution in [0.5, 0.6) is 0 Å². The first kappa shape index (κ1) is 14.8. The van der Waals surface area contributed by atoms with Crippen molar-refractivity contribution in [1.29, 1.82) is 0 Å². The summed E-state index contributed by atoms with van der Waals surface area (Å²) in [5.74, 6) is -1.52. The van der Waals surface area contributed by atoms with Crippen LogP contribution in [0.25, 0.3) is 0 Å². The van der Waals surface area contributed by atoms with E-state index in [0.717, 1.165) is 25.3 Å². The van der Waals surface area contributed by atoms with Crippen LogP contribution in [0.3, 0.4) is 0 Å². The predicted molar refractivity (Wildman–Crippen MR) is 72.4 cm³/mol. The number of carbonyl (C=O) groups excluding carboxylic acids is 1. The molecule has 0 bridgehead atoms. The molecule has 0 radical (unpaired) electrons. The second-order valence-corrected chi connectivity index (χ2v) is 5.08. The minimum atomic E-state index is -0.608. The Bertz CT molecular complexity index is 479. The standard InChI is InChI=1S/C15H19F2NO2/c1-2-20-15(19)10-4-3-5-12(8-10)18-14-7-6-11(16)9-13(14)17/h6-7,9-10,12,18H,2-5,8H2,1H3. The van der Waals surface area contributed by atoms with Crippen molar-refractivity contribution in [2.75, 3.05) is 11.9 Å². The molecule has 0 aliphatic heterocycles. The quantitative estimate of drug-likeness (QED) is 0.859. The summed E-state index contributed by atoms with van der Waals surface area (Å²) >= 11 is 0. The third kappa shape index (κ3) is 3.68. The Morgan fingerprint density at radius 3 is 2.90 bits per heavy atom. The van der Waals surface area contributed by atoms with Crippen molar-refractivity contribution >= 4 is 11.7 Å². The monoisotopic (exact) mass is 283 g/mol. The fourth-order valence-corrected chi connectivity index (χ4v) is 2.62. The molecule has 1 fully saturated rings. The summed E-state index contributed by atoms with van der Waals surface area (Å²) < 4.78 is 31.5. The molecular formula is C15H19F2NO2. The molecule has 110 valence electrons. The van der Waals surface area contributed by atoms with Gasteiger partial charge in [0.2, 0.25) is 0 Å². The van der Waals surface area contributed by atoms with E-state index in [4.69, 9.17) is 4.74 Å². The number of benzene rings is 1. The number of halogens is 2. The van der Waals surface area contributed by atoms with E-state index < -0.39 is 11.6 Å². The van der Waals surface area contributed by atoms with Gasteiger partial charge in [-0.1, -0.05) is 6.42 Å². The number of esters is 1. The minimum absolute atomic E-state index is 0.0121. The van der Waals surface area contributed by atoms with Crippen LogP contribution in [0.15, 0.2) is 18.2 Å². The Morgan fingerprint density at radius 1 is 1.40 bits per heavy atom. The van der Waals surface area contributed by atoms with Crippen molar-refractivity contribution in [3.05, 3.63) is 29.8 Å². The molecule has 1 aliphatic rings. The summed E-state index contributed by atoms with van der Waals surface area (Å²) in [5, 5.41) is 3.05. The molecule has 0 saturated heterocycles. The number of ether oxygens (including phenoxy) is 1. The molecule has 1 aromatic carbocycles. The van der Waals surface area contributed by atoms with E-state index in [1.54, 1.807) is 6.92 Å². The van der Waals surface area contributed by atoms with Crippen molar-refractivity contribution in [1.82, 2.24) is 0 Å². The minimum Gasteiger partial charge on any atom is -0.466 e. The number of carbonyl (C=O) groups is 1. The summed E-state index contributed by atoms with van der Waals surface area (Å²) in [6, 6.07) is 3.47. The van der Waals surface area contributed by atoms with E-state index in [1.165, 1.54) is 12.1 Å². The molecule has 20 heavy (non-hydrogen) atoms. The highest BCUT2D eigenvalue weighted by Gasteiger charge is 2.28. The molecule has 0 amide bonds. The van der Waals surface area contributed by atoms with Crippen molar-refractivity contribution in [2.24, 2.45) is 5.92 Å². The summed E-state index contributed by atoms with van der Waals surface area (Å²) in [7, 11) is 0. The van der Waals surface area contributed by atoms with Crippen molar-refractivity contribution in [3.8, 4) is 0 Å². The van der Waals surface area contributed by atoms with Crippen LogP contribution in [0, 0.1) is 17.6 Å². The van der Waals surface area contributed by atoms with Crippen LogP contribution in [-0.4, -0.2) is 18.6 Å². The molecular weight excluding hydrogens is 264 g/mol. The maximum atomic E-state index is 13.6. The zero-order valence-electron chi connectivity index (χ0n) is 11.5. The third-order valence-corrected chi connectivity index (χ3v) is 3.58. The smallest absolute Gasteiger partial charge is 0.308 e. The molecule has 2 rings (SSSR count). The third-order valence-electron chi connectivity index (χ3n) is 3.58. The fraction of sp³-hybridized carbons (Fsp3) is 0.533. The van der Waals surface area contributed by atoms with Gasteiger partial charge in [0.25, 0.3) is 0 Å². The summed E-state index contributed by atoms with van der Waals surface area (Å²) in [6.07, 6.45) is 3.19. The highest BCUT2D eigenvalue weighted by atomic mass is 19.1. The molecule has 3 nitrogen and oxygen atoms in total. The van der Waals surface area contributed by atoms with E-state index in [9.17, 15) is 13.6 Å². The lowest BCUT2D eigenvalue weighted by Gasteiger charge is -2.29. The zero-order valence-corrected chi connectivity index (χ0v) is 11.5. The van der Waals surface area contributed by atoms with Crippen molar-refractivity contribution < 1.29 is 18.3 Å². The normalized spacial score (nSPS) is 22.4. The lowest BCUT2D eigenvalue weighted by atomic mass is 9.85. The second kappa shape index (κ2) is 6.68. The van der Waals surface area contributed by atoms with E-state index in [-0.39, 0.29) is 23.6 Å². The van der Waals surface area contributed by atoms with Crippen LogP contribution in [0.2, 0.25) is 0 Å². The first-order valence-corrected chi connectivity index (χ1v) is 6.98. The average molecular weight is 283 g/mol. The Balaban J connectivity index is 1.97. The predicted octanol–water partition coefficient (Wildman–Crippen LogP) is 3.50. The van der Waals surface area contributed by atoms with Gasteiger partial charge in [-0.05, 0) is 38.3 Å². The van der Waals surface area contributed by atoms with Gasteiger partial charge in [0.05, 0.1) is 18.2 Å². The van der Waals surface area contributed by atoms with Crippen molar-refractivity contribution in [3.63, 3.8) is 0 Å². The van der Waals surface area contributed by atoms with Crippen LogP contribution in [-0.2, 0) is 9.53 Å². The van der Waals surface area contributed by atoms with E-state index in [0.29, 0.717) is 13.0 Å². The van der Waals surface area contributed by atoms with Crippen LogP contribution in [0.4, 0.5) is 14.5 Å². The van der Waals surface area contributed by atoms with Gasteiger partial charge in [-0.15, -0.1) is 0 Å². The number of nitrogens with one attached hydrogen (secondary N) is 1. The van der Waals surface area contributed by atoms with Crippen LogP contribution in [0.1, 0.15) is 32.6 Å². The molecule has 2 unspecified atom stereocenters. The van der Waals surface area contributed by atoms with Gasteiger partial charge in [0.15, 0.2) is 0 Å². The second-order valence-electron chi connectivity index (χ2n) is 5.08. The Morgan fingerprint density at radius 2 is 2.20 bits per heavy atom. The average Bonchev–Trinajstić information content (AvgIpc) is 2.43. The molecule has 5 heteroatoms. The largest absolute Gasteiger partial charge is 0.466 e. The Labute approximate surface area is 117 Å². The lowest BCUT2D eigenvalue weighted by molar-refractivity contribution is -0.149. The van der Waals surface area contributed by atoms with Gasteiger partial charge in [0, 0.05) is 12.1 Å². The fourth-order valence-electron chi connectivity index (χ4n) is 2.62. The van der Waals surface area contributed by atoms with E-state index in [1.807, 2.05) is 0 Å². The zero-order chi connectivity index (χ0) is 14.5. The molecule has 0 aromatic heterocycles. The Hall–Kier alpha value is -1.65. The lowest BCUT2D eigenvalue weighted by Crippen LogP contribution is -2.32. The van der Waals surface area contributed by atoms with Gasteiger partial charge < -0.3 is 10.1 Å². The van der Waals surface area contributed by atoms with Gasteiger partial charge in [0.1, 0.15) is 11.6 Å². The number of hydrogen-bond acceptors (Lipinski definition) is 3. The molecule has 1 aliphatic carbocycles. The highest BCUT2D eigenvalue weighted by Crippen LogP contribution is 2.28. The molecule has 1 aromatic rings. The Kier molecular flexibility index (Phi) is 4.93. The van der Waals surface area contributed by atoms with Gasteiger partial charge in [-0.2, -0.15) is 0 Å². The first-order chi connectivity index (χ1) is 9.60. The molecule has 0 spiro atoms. The SMILES string of the molecule is CCOC(=O)C1CCCC(Nc2ccc(F)cc2F)C1. The van der Waals surface area contributed by atoms with Gasteiger partial charge in [-0.3, -0.25) is 4.79 Å². The van der Waals surface area contributed by atoms with Crippen LogP contribution < -0.4 is 5.32 Å².